The molecular weight excluding hydrogens is 575 g/mol. The van der Waals surface area contributed by atoms with Gasteiger partial charge in [-0.25, -0.2) is 0 Å². The zero-order chi connectivity index (χ0) is 29.4. The van der Waals surface area contributed by atoms with Crippen LogP contribution in [0.2, 0.25) is 0 Å². The fourth-order valence-corrected chi connectivity index (χ4v) is 16.9. The molecule has 7 aliphatic carbocycles. The molecule has 0 amide bonds. The Kier molecular flexibility index (Phi) is 6.19. The van der Waals surface area contributed by atoms with E-state index < -0.39 is 11.7 Å². The summed E-state index contributed by atoms with van der Waals surface area (Å²) in [7, 11) is 5.79. The lowest BCUT2D eigenvalue weighted by Crippen LogP contribution is -2.65. The summed E-state index contributed by atoms with van der Waals surface area (Å²) in [5.41, 5.74) is 1.26. The van der Waals surface area contributed by atoms with Gasteiger partial charge in [0.2, 0.25) is 0 Å². The molecule has 8 aliphatic rings. The second-order valence-electron chi connectivity index (χ2n) is 15.7. The van der Waals surface area contributed by atoms with Crippen LogP contribution in [0.4, 0.5) is 5.69 Å². The van der Waals surface area contributed by atoms with E-state index in [4.69, 9.17) is 4.74 Å². The summed E-state index contributed by atoms with van der Waals surface area (Å²) in [4.78, 5) is 0. The molecule has 1 aromatic carbocycles. The Labute approximate surface area is 264 Å². The zero-order valence-corrected chi connectivity index (χ0v) is 27.1. The van der Waals surface area contributed by atoms with Crippen LogP contribution >= 0.6 is 21.6 Å². The van der Waals surface area contributed by atoms with Crippen molar-refractivity contribution in [1.82, 2.24) is 0 Å². The Hall–Kier alpha value is -1.12. The smallest absolute Gasteiger partial charge is 0.111 e. The van der Waals surface area contributed by atoms with Crippen LogP contribution in [-0.2, 0) is 11.2 Å². The number of methoxy groups -OCH3 is 1. The summed E-state index contributed by atoms with van der Waals surface area (Å²) in [6.45, 7) is 2.57. The second kappa shape index (κ2) is 9.47. The van der Waals surface area contributed by atoms with Crippen LogP contribution in [0.3, 0.4) is 0 Å². The van der Waals surface area contributed by atoms with Gasteiger partial charge in [-0.15, -0.1) is 0 Å². The SMILES string of the molecule is CO[C@@H]1C=C(O)[C@H]2[C@@H]3C[C@H]4CC[C@]56C[C@@H]7CSS[C@@H]8CCC[C@H](O)[C@@H]8Nc8cccc(c8)C[C@H]7[C@H]5C=CC[C@@]4([C@@]12O)[C@]36C. The van der Waals surface area contributed by atoms with Gasteiger partial charge in [-0.3, -0.25) is 0 Å². The monoisotopic (exact) mass is 621 g/mol. The van der Waals surface area contributed by atoms with Crippen molar-refractivity contribution in [3.63, 3.8) is 0 Å². The van der Waals surface area contributed by atoms with E-state index in [0.717, 1.165) is 50.0 Å². The number of benzene rings is 1. The van der Waals surface area contributed by atoms with Crippen LogP contribution in [0.25, 0.3) is 0 Å². The third-order valence-electron chi connectivity index (χ3n) is 14.9. The first-order valence-electron chi connectivity index (χ1n) is 16.9. The summed E-state index contributed by atoms with van der Waals surface area (Å²) in [6, 6.07) is 9.14. The fraction of sp³-hybridized carbons (Fsp3) is 0.722. The first kappa shape index (κ1) is 28.1. The third-order valence-corrected chi connectivity index (χ3v) is 18.0. The largest absolute Gasteiger partial charge is 0.512 e. The number of rotatable bonds is 1. The van der Waals surface area contributed by atoms with Crippen LogP contribution in [0.1, 0.15) is 63.9 Å². The molecule has 1 aliphatic heterocycles. The number of hydrogen-bond acceptors (Lipinski definition) is 7. The molecule has 5 fully saturated rings. The van der Waals surface area contributed by atoms with Gasteiger partial charge in [0.1, 0.15) is 11.7 Å². The van der Waals surface area contributed by atoms with Gasteiger partial charge in [0.05, 0.1) is 23.8 Å². The number of fused-ring (bicyclic) bond motifs is 7. The topological polar surface area (TPSA) is 82.0 Å². The van der Waals surface area contributed by atoms with E-state index in [9.17, 15) is 15.3 Å². The van der Waals surface area contributed by atoms with Crippen LogP contribution in [0.5, 0.6) is 0 Å². The minimum absolute atomic E-state index is 0.0593. The van der Waals surface area contributed by atoms with E-state index in [0.29, 0.717) is 34.7 Å². The van der Waals surface area contributed by atoms with E-state index in [1.165, 1.54) is 24.8 Å². The van der Waals surface area contributed by atoms with Gasteiger partial charge in [0.25, 0.3) is 0 Å². The molecule has 1 aromatic rings. The minimum Gasteiger partial charge on any atom is -0.512 e. The zero-order valence-electron chi connectivity index (χ0n) is 25.5. The van der Waals surface area contributed by atoms with Crippen LogP contribution < -0.4 is 5.32 Å². The predicted molar refractivity (Wildman–Crippen MR) is 174 cm³/mol. The molecule has 1 spiro atoms. The highest BCUT2D eigenvalue weighted by Gasteiger charge is 2.89. The first-order chi connectivity index (χ1) is 20.8. The van der Waals surface area contributed by atoms with Gasteiger partial charge >= 0.3 is 0 Å². The maximum atomic E-state index is 13.0. The van der Waals surface area contributed by atoms with E-state index in [2.05, 4.69) is 59.5 Å². The Bertz CT molecular complexity index is 1380. The van der Waals surface area contributed by atoms with E-state index >= 15 is 0 Å². The number of nitrogens with one attached hydrogen (secondary N) is 1. The summed E-state index contributed by atoms with van der Waals surface area (Å²) < 4.78 is 6.01. The molecule has 0 saturated heterocycles. The van der Waals surface area contributed by atoms with Crippen molar-refractivity contribution in [1.29, 1.82) is 0 Å². The molecule has 5 nitrogen and oxygen atoms in total. The van der Waals surface area contributed by atoms with Crippen molar-refractivity contribution in [2.45, 2.75) is 93.8 Å². The first-order valence-corrected chi connectivity index (χ1v) is 19.3. The van der Waals surface area contributed by atoms with Gasteiger partial charge in [-0.2, -0.15) is 0 Å². The van der Waals surface area contributed by atoms with Gasteiger partial charge in [-0.1, -0.05) is 52.8 Å². The van der Waals surface area contributed by atoms with Crippen LogP contribution in [0, 0.1) is 51.8 Å². The van der Waals surface area contributed by atoms with Crippen molar-refractivity contribution >= 4 is 27.3 Å². The second-order valence-corrected chi connectivity index (χ2v) is 18.4. The lowest BCUT2D eigenvalue weighted by molar-refractivity contribution is -0.228. The number of aliphatic hydroxyl groups excluding tert-OH is 2. The number of allylic oxidation sites excluding steroid dienone is 2. The Morgan fingerprint density at radius 3 is 2.91 bits per heavy atom. The van der Waals surface area contributed by atoms with Gasteiger partial charge in [-0.05, 0) is 122 Å². The molecule has 0 aromatic heterocycles. The Morgan fingerprint density at radius 2 is 2.05 bits per heavy atom. The van der Waals surface area contributed by atoms with Crippen molar-refractivity contribution < 1.29 is 20.1 Å². The molecule has 9 rings (SSSR count). The summed E-state index contributed by atoms with van der Waals surface area (Å²) >= 11 is 0. The molecule has 0 radical (unpaired) electrons. The van der Waals surface area contributed by atoms with E-state index in [-0.39, 0.29) is 40.2 Å². The average Bonchev–Trinajstić information content (AvgIpc) is 3.54. The summed E-state index contributed by atoms with van der Waals surface area (Å²) in [6.07, 6.45) is 16.0. The molecule has 0 unspecified atom stereocenters. The summed E-state index contributed by atoms with van der Waals surface area (Å²) in [5.74, 6) is 3.67. The maximum Gasteiger partial charge on any atom is 0.111 e. The molecular formula is C36H47NO4S2. The molecule has 14 atom stereocenters. The molecule has 7 heteroatoms. The maximum absolute atomic E-state index is 13.0. The molecule has 232 valence electrons. The Balaban J connectivity index is 1.15. The standard InChI is InChI=1S/C36H47NO4S2/c1-33-26-16-22-11-13-34(33)18-21-19-42-43-29-10-4-9-27(38)32(29)37-23-7-3-6-20(14-23)15-24(21)25(34)8-5-12-35(22,33)36(40)30(41-2)17-28(39)31(26)36/h3,5-8,14,17,21-22,24-27,29-32,37-40H,4,9-13,15-16,18-19H2,1-2H3/t21-,22-,24-,25-,26+,27+,29-,30-,31-,32+,33-,34+,35+,36-/m1/s1. The van der Waals surface area contributed by atoms with Gasteiger partial charge in [0.15, 0.2) is 0 Å². The van der Waals surface area contributed by atoms with Crippen molar-refractivity contribution in [3.8, 4) is 0 Å². The number of aliphatic hydroxyl groups is 3. The van der Waals surface area contributed by atoms with E-state index in [1.807, 2.05) is 16.9 Å². The fourth-order valence-electron chi connectivity index (χ4n) is 13.6. The van der Waals surface area contributed by atoms with E-state index in [1.54, 1.807) is 7.11 Å². The highest BCUT2D eigenvalue weighted by molar-refractivity contribution is 8.77. The number of ether oxygens (including phenoxy) is 1. The highest BCUT2D eigenvalue weighted by atomic mass is 33.1. The Morgan fingerprint density at radius 1 is 1.16 bits per heavy atom. The number of anilines is 1. The minimum atomic E-state index is -1.05. The summed E-state index contributed by atoms with van der Waals surface area (Å²) in [5, 5.41) is 39.5. The van der Waals surface area contributed by atoms with Crippen molar-refractivity contribution in [3.05, 3.63) is 53.8 Å². The molecule has 43 heavy (non-hydrogen) atoms. The normalized spacial score (nSPS) is 54.2. The van der Waals surface area contributed by atoms with Crippen molar-refractivity contribution in [2.75, 3.05) is 18.2 Å². The van der Waals surface area contributed by atoms with Crippen LogP contribution in [-0.4, -0.2) is 57.3 Å². The quantitative estimate of drug-likeness (QED) is 0.204. The predicted octanol–water partition coefficient (Wildman–Crippen LogP) is 6.77. The average molecular weight is 622 g/mol. The van der Waals surface area contributed by atoms with Crippen LogP contribution in [0.15, 0.2) is 48.3 Å². The molecule has 1 heterocycles. The molecule has 4 N–H and O–H groups in total. The molecule has 7 bridgehead atoms. The lowest BCUT2D eigenvalue weighted by Gasteiger charge is -2.63. The van der Waals surface area contributed by atoms with Gasteiger partial charge < -0.3 is 25.4 Å². The third kappa shape index (κ3) is 3.25. The lowest BCUT2D eigenvalue weighted by atomic mass is 9.41. The molecule has 5 saturated carbocycles. The van der Waals surface area contributed by atoms with Crippen molar-refractivity contribution in [2.24, 2.45) is 51.8 Å². The number of hydrogen-bond donors (Lipinski definition) is 4. The highest BCUT2D eigenvalue weighted by Crippen LogP contribution is 2.89. The van der Waals surface area contributed by atoms with Gasteiger partial charge in [0, 0.05) is 29.2 Å².